The highest BCUT2D eigenvalue weighted by molar-refractivity contribution is 5.48. The zero-order chi connectivity index (χ0) is 13.8. The largest absolute Gasteiger partial charge is 0.493 e. The van der Waals surface area contributed by atoms with Crippen LogP contribution in [0.25, 0.3) is 0 Å². The van der Waals surface area contributed by atoms with Crippen LogP contribution in [0.2, 0.25) is 0 Å². The van der Waals surface area contributed by atoms with Crippen LogP contribution in [0, 0.1) is 6.92 Å². The van der Waals surface area contributed by atoms with Gasteiger partial charge in [0.15, 0.2) is 0 Å². The molecule has 0 N–H and O–H groups in total. The monoisotopic (exact) mass is 246 g/mol. The molecule has 0 atom stereocenters. The summed E-state index contributed by atoms with van der Waals surface area (Å²) in [6, 6.07) is 4.49. The number of benzene rings is 1. The molecule has 1 aromatic rings. The molecule has 0 spiro atoms. The summed E-state index contributed by atoms with van der Waals surface area (Å²) in [6.07, 6.45) is 3.96. The van der Waals surface area contributed by atoms with Crippen molar-refractivity contribution in [3.8, 4) is 5.75 Å². The summed E-state index contributed by atoms with van der Waals surface area (Å²) in [7, 11) is 0. The summed E-state index contributed by atoms with van der Waals surface area (Å²) >= 11 is 0. The van der Waals surface area contributed by atoms with Crippen molar-refractivity contribution in [2.75, 3.05) is 6.61 Å². The fraction of sp³-hybridized carbons (Fsp3) is 0.529. The second kappa shape index (κ2) is 6.08. The maximum atomic E-state index is 5.91. The van der Waals surface area contributed by atoms with Crippen LogP contribution in [0.3, 0.4) is 0 Å². The van der Waals surface area contributed by atoms with Crippen molar-refractivity contribution in [3.63, 3.8) is 0 Å². The second-order valence-corrected chi connectivity index (χ2v) is 5.81. The van der Waals surface area contributed by atoms with Gasteiger partial charge in [0.25, 0.3) is 0 Å². The first-order chi connectivity index (χ1) is 8.40. The van der Waals surface area contributed by atoms with E-state index in [0.717, 1.165) is 18.6 Å². The maximum absolute atomic E-state index is 5.91. The normalized spacial score (nSPS) is 11.4. The van der Waals surface area contributed by atoms with Gasteiger partial charge in [0, 0.05) is 5.56 Å². The Balaban J connectivity index is 3.30. The lowest BCUT2D eigenvalue weighted by atomic mass is 9.83. The van der Waals surface area contributed by atoms with Gasteiger partial charge in [-0.15, -0.1) is 6.58 Å². The van der Waals surface area contributed by atoms with Gasteiger partial charge in [-0.25, -0.2) is 0 Å². The van der Waals surface area contributed by atoms with Crippen molar-refractivity contribution >= 4 is 0 Å². The molecule has 0 heterocycles. The van der Waals surface area contributed by atoms with Gasteiger partial charge in [-0.1, -0.05) is 44.5 Å². The average molecular weight is 246 g/mol. The molecule has 0 amide bonds. The van der Waals surface area contributed by atoms with E-state index in [1.54, 1.807) is 0 Å². The fourth-order valence-electron chi connectivity index (χ4n) is 2.16. The Morgan fingerprint density at radius 3 is 2.44 bits per heavy atom. The maximum Gasteiger partial charge on any atom is 0.126 e. The van der Waals surface area contributed by atoms with Crippen molar-refractivity contribution in [1.82, 2.24) is 0 Å². The van der Waals surface area contributed by atoms with Gasteiger partial charge in [-0.2, -0.15) is 0 Å². The number of aryl methyl sites for hydroxylation is 2. The molecule has 0 unspecified atom stereocenters. The highest BCUT2D eigenvalue weighted by atomic mass is 16.5. The first kappa shape index (κ1) is 14.8. The van der Waals surface area contributed by atoms with E-state index in [2.05, 4.69) is 46.4 Å². The molecule has 100 valence electrons. The van der Waals surface area contributed by atoms with Gasteiger partial charge in [0.1, 0.15) is 5.75 Å². The van der Waals surface area contributed by atoms with E-state index < -0.39 is 0 Å². The molecule has 1 rings (SSSR count). The molecule has 0 saturated carbocycles. The van der Waals surface area contributed by atoms with Crippen LogP contribution in [0.15, 0.2) is 24.8 Å². The third kappa shape index (κ3) is 3.63. The molecule has 0 aliphatic rings. The van der Waals surface area contributed by atoms with Gasteiger partial charge in [0.2, 0.25) is 0 Å². The number of allylic oxidation sites excluding steroid dienone is 1. The van der Waals surface area contributed by atoms with E-state index in [0.29, 0.717) is 6.61 Å². The Morgan fingerprint density at radius 2 is 1.94 bits per heavy atom. The second-order valence-electron chi connectivity index (χ2n) is 5.81. The van der Waals surface area contributed by atoms with Crippen LogP contribution >= 0.6 is 0 Å². The Labute approximate surface area is 112 Å². The minimum Gasteiger partial charge on any atom is -0.493 e. The molecule has 1 aromatic carbocycles. The van der Waals surface area contributed by atoms with Gasteiger partial charge < -0.3 is 4.74 Å². The van der Waals surface area contributed by atoms with E-state index in [4.69, 9.17) is 4.74 Å². The molecule has 0 aromatic heterocycles. The minimum atomic E-state index is 0.111. The Bertz CT molecular complexity index is 410. The van der Waals surface area contributed by atoms with E-state index in [1.165, 1.54) is 16.7 Å². The Hall–Kier alpha value is -1.24. The van der Waals surface area contributed by atoms with Crippen molar-refractivity contribution in [3.05, 3.63) is 41.5 Å². The molecule has 1 heteroatoms. The molecular weight excluding hydrogens is 220 g/mol. The SMILES string of the molecule is C=CCCc1cc(C)cc(C(C)(C)C)c1OCC. The number of hydrogen-bond donors (Lipinski definition) is 0. The summed E-state index contributed by atoms with van der Waals surface area (Å²) < 4.78 is 5.91. The highest BCUT2D eigenvalue weighted by Crippen LogP contribution is 2.36. The molecule has 0 aliphatic heterocycles. The van der Waals surface area contributed by atoms with Gasteiger partial charge in [-0.05, 0) is 37.7 Å². The lowest BCUT2D eigenvalue weighted by Gasteiger charge is -2.25. The fourth-order valence-corrected chi connectivity index (χ4v) is 2.16. The first-order valence-corrected chi connectivity index (χ1v) is 6.77. The molecule has 0 saturated heterocycles. The smallest absolute Gasteiger partial charge is 0.126 e. The van der Waals surface area contributed by atoms with Crippen LogP contribution in [-0.4, -0.2) is 6.61 Å². The molecule has 1 nitrogen and oxygen atoms in total. The van der Waals surface area contributed by atoms with Crippen molar-refractivity contribution in [1.29, 1.82) is 0 Å². The van der Waals surface area contributed by atoms with Crippen LogP contribution in [0.1, 0.15) is 50.8 Å². The highest BCUT2D eigenvalue weighted by Gasteiger charge is 2.21. The third-order valence-corrected chi connectivity index (χ3v) is 3.02. The number of hydrogen-bond acceptors (Lipinski definition) is 1. The quantitative estimate of drug-likeness (QED) is 0.677. The zero-order valence-corrected chi connectivity index (χ0v) is 12.5. The predicted molar refractivity (Wildman–Crippen MR) is 79.6 cm³/mol. The standard InChI is InChI=1S/C17H26O/c1-7-9-10-14-11-13(3)12-15(17(4,5)6)16(14)18-8-2/h7,11-12H,1,8-10H2,2-6H3. The molecule has 0 radical (unpaired) electrons. The predicted octanol–water partition coefficient (Wildman–Crippen LogP) is 4.81. The topological polar surface area (TPSA) is 9.23 Å². The lowest BCUT2D eigenvalue weighted by Crippen LogP contribution is -2.15. The number of ether oxygens (including phenoxy) is 1. The van der Waals surface area contributed by atoms with Gasteiger partial charge >= 0.3 is 0 Å². The summed E-state index contributed by atoms with van der Waals surface area (Å²) in [5.41, 5.74) is 4.03. The summed E-state index contributed by atoms with van der Waals surface area (Å²) in [4.78, 5) is 0. The van der Waals surface area contributed by atoms with Crippen LogP contribution in [0.5, 0.6) is 5.75 Å². The molecule has 0 bridgehead atoms. The lowest BCUT2D eigenvalue weighted by molar-refractivity contribution is 0.326. The van der Waals surface area contributed by atoms with Crippen molar-refractivity contribution in [2.24, 2.45) is 0 Å². The summed E-state index contributed by atoms with van der Waals surface area (Å²) in [5.74, 6) is 1.08. The van der Waals surface area contributed by atoms with Crippen LogP contribution in [0.4, 0.5) is 0 Å². The summed E-state index contributed by atoms with van der Waals surface area (Å²) in [6.45, 7) is 15.4. The minimum absolute atomic E-state index is 0.111. The van der Waals surface area contributed by atoms with Gasteiger partial charge in [0.05, 0.1) is 6.61 Å². The summed E-state index contributed by atoms with van der Waals surface area (Å²) in [5, 5.41) is 0. The Kier molecular flexibility index (Phi) is 5.01. The van der Waals surface area contributed by atoms with E-state index >= 15 is 0 Å². The van der Waals surface area contributed by atoms with Crippen molar-refractivity contribution < 1.29 is 4.74 Å². The zero-order valence-electron chi connectivity index (χ0n) is 12.5. The molecule has 18 heavy (non-hydrogen) atoms. The molecular formula is C17H26O. The van der Waals surface area contributed by atoms with Crippen LogP contribution < -0.4 is 4.74 Å². The average Bonchev–Trinajstić information content (AvgIpc) is 2.27. The molecule has 0 fully saturated rings. The first-order valence-electron chi connectivity index (χ1n) is 6.77. The van der Waals surface area contributed by atoms with E-state index in [1.807, 2.05) is 13.0 Å². The Morgan fingerprint density at radius 1 is 1.28 bits per heavy atom. The molecule has 0 aliphatic carbocycles. The van der Waals surface area contributed by atoms with Gasteiger partial charge in [-0.3, -0.25) is 0 Å². The number of rotatable bonds is 5. The van der Waals surface area contributed by atoms with E-state index in [9.17, 15) is 0 Å². The third-order valence-electron chi connectivity index (χ3n) is 3.02. The van der Waals surface area contributed by atoms with E-state index in [-0.39, 0.29) is 5.41 Å². The van der Waals surface area contributed by atoms with Crippen LogP contribution in [-0.2, 0) is 11.8 Å². The van der Waals surface area contributed by atoms with Crippen molar-refractivity contribution in [2.45, 2.75) is 52.9 Å².